The minimum absolute atomic E-state index is 0.0667. The molecular formula is C13H9N3O2. The van der Waals surface area contributed by atoms with Gasteiger partial charge in [0.2, 0.25) is 0 Å². The Morgan fingerprint density at radius 3 is 2.67 bits per heavy atom. The summed E-state index contributed by atoms with van der Waals surface area (Å²) in [5, 5.41) is 18.4. The monoisotopic (exact) mass is 239 g/mol. The maximum atomic E-state index is 10.8. The fraction of sp³-hybridized carbons (Fsp3) is 0. The number of hydrogen-bond acceptors (Lipinski definition) is 3. The van der Waals surface area contributed by atoms with Gasteiger partial charge in [-0.2, -0.15) is 0 Å². The van der Waals surface area contributed by atoms with Crippen LogP contribution in [0.3, 0.4) is 0 Å². The first-order valence-corrected chi connectivity index (χ1v) is 5.39. The molecule has 2 aromatic carbocycles. The van der Waals surface area contributed by atoms with E-state index in [4.69, 9.17) is 5.11 Å². The molecule has 3 rings (SSSR count). The van der Waals surface area contributed by atoms with Gasteiger partial charge in [-0.15, -0.1) is 5.10 Å². The van der Waals surface area contributed by atoms with Crippen molar-refractivity contribution in [3.63, 3.8) is 0 Å². The Balaban J connectivity index is 2.21. The van der Waals surface area contributed by atoms with Crippen molar-refractivity contribution in [1.29, 1.82) is 0 Å². The third-order valence-corrected chi connectivity index (χ3v) is 2.73. The van der Waals surface area contributed by atoms with E-state index in [0.717, 1.165) is 16.5 Å². The van der Waals surface area contributed by atoms with Crippen molar-refractivity contribution >= 4 is 16.7 Å². The predicted octanol–water partition coefficient (Wildman–Crippen LogP) is 2.12. The summed E-state index contributed by atoms with van der Waals surface area (Å²) in [4.78, 5) is 10.8. The first kappa shape index (κ1) is 10.5. The topological polar surface area (TPSA) is 68.0 Å². The van der Waals surface area contributed by atoms with Gasteiger partial charge in [-0.25, -0.2) is 9.48 Å². The average Bonchev–Trinajstić information content (AvgIpc) is 2.87. The molecule has 0 fully saturated rings. The van der Waals surface area contributed by atoms with Crippen molar-refractivity contribution < 1.29 is 9.90 Å². The van der Waals surface area contributed by atoms with Gasteiger partial charge in [0.05, 0.1) is 11.9 Å². The number of aromatic nitrogens is 3. The molecule has 1 heterocycles. The lowest BCUT2D eigenvalue weighted by Crippen LogP contribution is -1.96. The van der Waals surface area contributed by atoms with Crippen LogP contribution in [0.2, 0.25) is 0 Å². The fourth-order valence-corrected chi connectivity index (χ4v) is 1.89. The van der Waals surface area contributed by atoms with E-state index in [-0.39, 0.29) is 5.69 Å². The summed E-state index contributed by atoms with van der Waals surface area (Å²) in [6.07, 6.45) is 1.41. The molecule has 0 aliphatic rings. The lowest BCUT2D eigenvalue weighted by molar-refractivity contribution is 0.0690. The average molecular weight is 239 g/mol. The number of rotatable bonds is 2. The summed E-state index contributed by atoms with van der Waals surface area (Å²) in [6, 6.07) is 13.6. The molecule has 1 aromatic heterocycles. The van der Waals surface area contributed by atoms with Gasteiger partial charge >= 0.3 is 5.97 Å². The number of nitrogens with zero attached hydrogens (tertiary/aromatic N) is 3. The standard InChI is InChI=1S/C13H9N3O2/c17-13(18)11-8-16(15-14-11)12-7-3-5-9-4-1-2-6-10(9)12/h1-8H,(H,17,18). The predicted molar refractivity (Wildman–Crippen MR) is 65.8 cm³/mol. The first-order valence-electron chi connectivity index (χ1n) is 5.39. The number of carboxylic acid groups (broad SMARTS) is 1. The number of carboxylic acids is 1. The molecular weight excluding hydrogens is 230 g/mol. The maximum absolute atomic E-state index is 10.8. The maximum Gasteiger partial charge on any atom is 0.358 e. The van der Waals surface area contributed by atoms with E-state index in [1.54, 1.807) is 0 Å². The minimum Gasteiger partial charge on any atom is -0.476 e. The van der Waals surface area contributed by atoms with Gasteiger partial charge in [0.1, 0.15) is 0 Å². The Morgan fingerprint density at radius 1 is 1.11 bits per heavy atom. The number of carbonyl (C=O) groups is 1. The third-order valence-electron chi connectivity index (χ3n) is 2.73. The van der Waals surface area contributed by atoms with Crippen molar-refractivity contribution in [3.05, 3.63) is 54.4 Å². The molecule has 0 saturated heterocycles. The molecule has 0 aliphatic heterocycles. The highest BCUT2D eigenvalue weighted by atomic mass is 16.4. The molecule has 5 heteroatoms. The molecule has 0 unspecified atom stereocenters. The highest BCUT2D eigenvalue weighted by Gasteiger charge is 2.10. The second kappa shape index (κ2) is 3.96. The third kappa shape index (κ3) is 1.62. The van der Waals surface area contributed by atoms with E-state index in [2.05, 4.69) is 10.3 Å². The van der Waals surface area contributed by atoms with E-state index in [9.17, 15) is 4.79 Å². The Labute approximate surface area is 102 Å². The van der Waals surface area contributed by atoms with E-state index < -0.39 is 5.97 Å². The van der Waals surface area contributed by atoms with Crippen LogP contribution in [0.4, 0.5) is 0 Å². The summed E-state index contributed by atoms with van der Waals surface area (Å²) in [5.74, 6) is -1.08. The summed E-state index contributed by atoms with van der Waals surface area (Å²) < 4.78 is 1.48. The molecule has 0 spiro atoms. The number of fused-ring (bicyclic) bond motifs is 1. The van der Waals surface area contributed by atoms with E-state index in [1.165, 1.54) is 10.9 Å². The Morgan fingerprint density at radius 2 is 1.89 bits per heavy atom. The smallest absolute Gasteiger partial charge is 0.358 e. The molecule has 0 bridgehead atoms. The van der Waals surface area contributed by atoms with Gasteiger partial charge in [0.25, 0.3) is 0 Å². The quantitative estimate of drug-likeness (QED) is 0.743. The van der Waals surface area contributed by atoms with Crippen LogP contribution in [0.5, 0.6) is 0 Å². The number of benzene rings is 2. The first-order chi connectivity index (χ1) is 8.75. The van der Waals surface area contributed by atoms with E-state index >= 15 is 0 Å². The van der Waals surface area contributed by atoms with Gasteiger partial charge in [-0.1, -0.05) is 41.6 Å². The van der Waals surface area contributed by atoms with Gasteiger partial charge in [-0.3, -0.25) is 0 Å². The largest absolute Gasteiger partial charge is 0.476 e. The van der Waals surface area contributed by atoms with E-state index in [1.807, 2.05) is 42.5 Å². The van der Waals surface area contributed by atoms with Crippen LogP contribution in [0.1, 0.15) is 10.5 Å². The SMILES string of the molecule is O=C(O)c1cn(-c2cccc3ccccc23)nn1. The summed E-state index contributed by atoms with van der Waals surface area (Å²) in [6.45, 7) is 0. The highest BCUT2D eigenvalue weighted by Crippen LogP contribution is 2.21. The zero-order chi connectivity index (χ0) is 12.5. The molecule has 0 aliphatic carbocycles. The molecule has 0 radical (unpaired) electrons. The summed E-state index contributed by atoms with van der Waals surface area (Å²) >= 11 is 0. The molecule has 5 nitrogen and oxygen atoms in total. The van der Waals surface area contributed by atoms with Crippen LogP contribution < -0.4 is 0 Å². The summed E-state index contributed by atoms with van der Waals surface area (Å²) in [7, 11) is 0. The van der Waals surface area contributed by atoms with Crippen LogP contribution in [-0.4, -0.2) is 26.1 Å². The molecule has 88 valence electrons. The molecule has 0 saturated carbocycles. The lowest BCUT2D eigenvalue weighted by atomic mass is 10.1. The molecule has 1 N–H and O–H groups in total. The van der Waals surface area contributed by atoms with Crippen molar-refractivity contribution in [2.75, 3.05) is 0 Å². The fourth-order valence-electron chi connectivity index (χ4n) is 1.89. The molecule has 18 heavy (non-hydrogen) atoms. The Hall–Kier alpha value is -2.69. The number of aromatic carboxylic acids is 1. The van der Waals surface area contributed by atoms with Gasteiger partial charge in [0.15, 0.2) is 5.69 Å². The normalized spacial score (nSPS) is 10.7. The molecule has 3 aromatic rings. The second-order valence-corrected chi connectivity index (χ2v) is 3.85. The zero-order valence-electron chi connectivity index (χ0n) is 9.32. The molecule has 0 amide bonds. The van der Waals surface area contributed by atoms with Gasteiger partial charge in [-0.05, 0) is 11.5 Å². The van der Waals surface area contributed by atoms with Crippen LogP contribution in [0.15, 0.2) is 48.7 Å². The van der Waals surface area contributed by atoms with Crippen LogP contribution in [0.25, 0.3) is 16.5 Å². The molecule has 0 atom stereocenters. The van der Waals surface area contributed by atoms with Crippen LogP contribution in [-0.2, 0) is 0 Å². The van der Waals surface area contributed by atoms with Crippen LogP contribution >= 0.6 is 0 Å². The van der Waals surface area contributed by atoms with Gasteiger partial charge < -0.3 is 5.11 Å². The Bertz CT molecular complexity index is 728. The van der Waals surface area contributed by atoms with Crippen molar-refractivity contribution in [3.8, 4) is 5.69 Å². The second-order valence-electron chi connectivity index (χ2n) is 3.85. The van der Waals surface area contributed by atoms with E-state index in [0.29, 0.717) is 0 Å². The Kier molecular flexibility index (Phi) is 2.30. The minimum atomic E-state index is -1.08. The van der Waals surface area contributed by atoms with Crippen molar-refractivity contribution in [2.45, 2.75) is 0 Å². The zero-order valence-corrected chi connectivity index (χ0v) is 9.32. The number of hydrogen-bond donors (Lipinski definition) is 1. The van der Waals surface area contributed by atoms with Gasteiger partial charge in [0, 0.05) is 5.39 Å². The van der Waals surface area contributed by atoms with Crippen LogP contribution in [0, 0.1) is 0 Å². The summed E-state index contributed by atoms with van der Waals surface area (Å²) in [5.41, 5.74) is 0.746. The highest BCUT2D eigenvalue weighted by molar-refractivity contribution is 5.90. The van der Waals surface area contributed by atoms with Crippen molar-refractivity contribution in [1.82, 2.24) is 15.0 Å². The van der Waals surface area contributed by atoms with Crippen molar-refractivity contribution in [2.24, 2.45) is 0 Å². The lowest BCUT2D eigenvalue weighted by Gasteiger charge is -2.04.